The summed E-state index contributed by atoms with van der Waals surface area (Å²) in [6.45, 7) is 2.66. The van der Waals surface area contributed by atoms with Gasteiger partial charge >= 0.3 is 6.09 Å². The summed E-state index contributed by atoms with van der Waals surface area (Å²) in [5.41, 5.74) is 5.68. The van der Waals surface area contributed by atoms with Crippen molar-refractivity contribution in [3.63, 3.8) is 0 Å². The Morgan fingerprint density at radius 3 is 2.40 bits per heavy atom. The zero-order valence-corrected chi connectivity index (χ0v) is 33.3. The highest BCUT2D eigenvalue weighted by molar-refractivity contribution is 6.05. The number of piperidine rings is 1. The lowest BCUT2D eigenvalue weighted by atomic mass is 10.0. The van der Waals surface area contributed by atoms with E-state index in [9.17, 15) is 29.4 Å². The molecule has 3 amide bonds. The minimum atomic E-state index is -0.885. The Morgan fingerprint density at radius 1 is 0.867 bits per heavy atom. The zero-order chi connectivity index (χ0) is 42.0. The number of aromatic nitrogens is 1. The van der Waals surface area contributed by atoms with E-state index in [2.05, 4.69) is 25.8 Å². The van der Waals surface area contributed by atoms with Crippen LogP contribution in [0.15, 0.2) is 132 Å². The Bertz CT molecular complexity index is 2500. The summed E-state index contributed by atoms with van der Waals surface area (Å²) < 4.78 is 5.77. The van der Waals surface area contributed by atoms with Gasteiger partial charge in [-0.1, -0.05) is 72.8 Å². The fraction of sp³-hybridized carbons (Fsp3) is 0.234. The van der Waals surface area contributed by atoms with Crippen LogP contribution in [0.25, 0.3) is 22.0 Å². The highest BCUT2D eigenvalue weighted by Crippen LogP contribution is 2.30. The van der Waals surface area contributed by atoms with E-state index in [1.165, 1.54) is 12.1 Å². The summed E-state index contributed by atoms with van der Waals surface area (Å²) in [5.74, 6) is -0.455. The van der Waals surface area contributed by atoms with Gasteiger partial charge in [0.25, 0.3) is 5.91 Å². The highest BCUT2D eigenvalue weighted by Gasteiger charge is 2.24. The molecule has 13 heteroatoms. The number of aromatic hydroxyl groups is 1. The van der Waals surface area contributed by atoms with Gasteiger partial charge in [-0.2, -0.15) is 0 Å². The number of H-pyrrole nitrogens is 1. The Hall–Kier alpha value is -6.80. The molecule has 1 saturated heterocycles. The number of phenolic OH excluding ortho intramolecular Hbond substituents is 1. The second-order valence-electron chi connectivity index (χ2n) is 14.8. The van der Waals surface area contributed by atoms with Crippen molar-refractivity contribution in [1.82, 2.24) is 15.2 Å². The normalized spacial score (nSPS) is 13.7. The van der Waals surface area contributed by atoms with Crippen molar-refractivity contribution in [2.24, 2.45) is 0 Å². The first-order chi connectivity index (χ1) is 29.1. The van der Waals surface area contributed by atoms with Gasteiger partial charge < -0.3 is 40.4 Å². The molecule has 2 heterocycles. The third kappa shape index (κ3) is 10.4. The number of carbonyl (C=O) groups excluding carboxylic acids is 3. The molecule has 1 aliphatic heterocycles. The predicted octanol–water partition coefficient (Wildman–Crippen LogP) is 7.04. The predicted molar refractivity (Wildman–Crippen MR) is 233 cm³/mol. The van der Waals surface area contributed by atoms with Gasteiger partial charge in [0.1, 0.15) is 11.9 Å². The number of aromatic amines is 1. The Kier molecular flexibility index (Phi) is 13.3. The van der Waals surface area contributed by atoms with Gasteiger partial charge in [-0.15, -0.1) is 0 Å². The number of hydrogen-bond donors (Lipinski definition) is 6. The monoisotopic (exact) mass is 808 g/mol. The summed E-state index contributed by atoms with van der Waals surface area (Å²) in [5, 5.41) is 30.6. The number of rotatable bonds is 14. The van der Waals surface area contributed by atoms with Crippen molar-refractivity contribution in [3.8, 4) is 16.9 Å². The fourth-order valence-electron chi connectivity index (χ4n) is 7.35. The summed E-state index contributed by atoms with van der Waals surface area (Å²) in [4.78, 5) is 57.4. The summed E-state index contributed by atoms with van der Waals surface area (Å²) in [6.07, 6.45) is 0.0572. The zero-order valence-electron chi connectivity index (χ0n) is 33.3. The third-order valence-electron chi connectivity index (χ3n) is 10.7. The molecule has 1 fully saturated rings. The molecule has 7 rings (SSSR count). The number of carbonyl (C=O) groups is 3. The molecule has 0 radical (unpaired) electrons. The van der Waals surface area contributed by atoms with Gasteiger partial charge in [-0.05, 0) is 78.1 Å². The standard InChI is InChI=1S/C47H48N6O7/c1-52(44(57)24-27-53-25-22-36(23-26-53)60-47(59)50-40-13-6-5-12-37(40)32-8-3-2-4-9-32)35-11-7-10-33(28-35)46(58)49-34-16-14-31(15-17-34)29-48-30-42(55)38-18-20-41(54)45-39(38)19-21-43(56)51-45/h2-21,28,36,42,48,54-55H,22-27,29-30H2,1H3,(H,49,58)(H,50,59)(H,51,56). The molecule has 5 aromatic carbocycles. The first-order valence-corrected chi connectivity index (χ1v) is 20.0. The number of anilines is 3. The van der Waals surface area contributed by atoms with Crippen LogP contribution in [0, 0.1) is 0 Å². The van der Waals surface area contributed by atoms with Crippen molar-refractivity contribution >= 4 is 45.9 Å². The third-order valence-corrected chi connectivity index (χ3v) is 10.7. The van der Waals surface area contributed by atoms with E-state index in [0.29, 0.717) is 79.0 Å². The molecular weight excluding hydrogens is 761 g/mol. The minimum Gasteiger partial charge on any atom is -0.506 e. The SMILES string of the molecule is CN(C(=O)CCN1CCC(OC(=O)Nc2ccccc2-c2ccccc2)CC1)c1cccc(C(=O)Nc2ccc(CNCC(O)c3ccc(O)c4[nH]c(=O)ccc34)cc2)c1. The Balaban J connectivity index is 0.829. The average Bonchev–Trinajstić information content (AvgIpc) is 3.27. The molecule has 6 N–H and O–H groups in total. The Labute approximate surface area is 347 Å². The maximum atomic E-state index is 13.2. The largest absolute Gasteiger partial charge is 0.506 e. The van der Waals surface area contributed by atoms with E-state index in [0.717, 1.165) is 16.7 Å². The second-order valence-corrected chi connectivity index (χ2v) is 14.8. The number of hydrogen-bond acceptors (Lipinski definition) is 9. The lowest BCUT2D eigenvalue weighted by Gasteiger charge is -2.31. The van der Waals surface area contributed by atoms with Crippen LogP contribution in [-0.4, -0.2) is 77.3 Å². The van der Waals surface area contributed by atoms with Crippen LogP contribution in [0.2, 0.25) is 0 Å². The molecule has 60 heavy (non-hydrogen) atoms. The number of amides is 3. The maximum Gasteiger partial charge on any atom is 0.411 e. The van der Waals surface area contributed by atoms with E-state index < -0.39 is 12.2 Å². The van der Waals surface area contributed by atoms with Gasteiger partial charge in [0, 0.05) is 80.1 Å². The molecule has 1 aliphatic rings. The molecule has 1 aromatic heterocycles. The number of nitrogens with zero attached hydrogens (tertiary/aromatic N) is 2. The lowest BCUT2D eigenvalue weighted by Crippen LogP contribution is -2.40. The summed E-state index contributed by atoms with van der Waals surface area (Å²) >= 11 is 0. The number of likely N-dealkylation sites (tertiary alicyclic amines) is 1. The average molecular weight is 809 g/mol. The molecule has 1 unspecified atom stereocenters. The smallest absolute Gasteiger partial charge is 0.411 e. The number of benzene rings is 5. The highest BCUT2D eigenvalue weighted by atomic mass is 16.6. The number of para-hydroxylation sites is 1. The van der Waals surface area contributed by atoms with Crippen LogP contribution in [0.4, 0.5) is 21.9 Å². The molecule has 0 saturated carbocycles. The topological polar surface area (TPSA) is 176 Å². The van der Waals surface area contributed by atoms with Crippen LogP contribution in [-0.2, 0) is 16.1 Å². The number of pyridine rings is 1. The number of ether oxygens (including phenoxy) is 1. The van der Waals surface area contributed by atoms with Crippen LogP contribution in [0.1, 0.15) is 46.9 Å². The molecule has 0 bridgehead atoms. The lowest BCUT2D eigenvalue weighted by molar-refractivity contribution is -0.118. The molecule has 0 spiro atoms. The minimum absolute atomic E-state index is 0.0665. The second kappa shape index (κ2) is 19.3. The number of phenols is 1. The fourth-order valence-corrected chi connectivity index (χ4v) is 7.35. The van der Waals surface area contributed by atoms with E-state index in [1.54, 1.807) is 60.5 Å². The van der Waals surface area contributed by atoms with Crippen molar-refractivity contribution in [2.75, 3.05) is 48.8 Å². The van der Waals surface area contributed by atoms with Crippen LogP contribution < -0.4 is 26.4 Å². The van der Waals surface area contributed by atoms with Gasteiger partial charge in [0.05, 0.1) is 17.3 Å². The molecule has 308 valence electrons. The molecule has 1 atom stereocenters. The van der Waals surface area contributed by atoms with Crippen LogP contribution in [0.3, 0.4) is 0 Å². The number of fused-ring (bicyclic) bond motifs is 1. The van der Waals surface area contributed by atoms with Gasteiger partial charge in [0.15, 0.2) is 0 Å². The Morgan fingerprint density at radius 2 is 1.62 bits per heavy atom. The van der Waals surface area contributed by atoms with Crippen molar-refractivity contribution in [2.45, 2.75) is 38.0 Å². The van der Waals surface area contributed by atoms with E-state index >= 15 is 0 Å². The molecular formula is C47H48N6O7. The van der Waals surface area contributed by atoms with Gasteiger partial charge in [-0.25, -0.2) is 4.79 Å². The molecule has 13 nitrogen and oxygen atoms in total. The molecule has 6 aromatic rings. The van der Waals surface area contributed by atoms with Crippen LogP contribution >= 0.6 is 0 Å². The van der Waals surface area contributed by atoms with Gasteiger partial charge in [0.2, 0.25) is 11.5 Å². The maximum absolute atomic E-state index is 13.2. The van der Waals surface area contributed by atoms with Crippen molar-refractivity contribution < 1.29 is 29.3 Å². The van der Waals surface area contributed by atoms with E-state index in [1.807, 2.05) is 66.7 Å². The number of aliphatic hydroxyl groups is 1. The van der Waals surface area contributed by atoms with E-state index in [4.69, 9.17) is 4.74 Å². The van der Waals surface area contributed by atoms with Crippen molar-refractivity contribution in [1.29, 1.82) is 0 Å². The van der Waals surface area contributed by atoms with Crippen LogP contribution in [0.5, 0.6) is 5.75 Å². The summed E-state index contributed by atoms with van der Waals surface area (Å²) in [6, 6.07) is 37.8. The van der Waals surface area contributed by atoms with Crippen molar-refractivity contribution in [3.05, 3.63) is 154 Å². The van der Waals surface area contributed by atoms with Gasteiger partial charge in [-0.3, -0.25) is 19.7 Å². The first-order valence-electron chi connectivity index (χ1n) is 20.0. The number of aliphatic hydroxyl groups excluding tert-OH is 1. The quantitative estimate of drug-likeness (QED) is 0.0674. The van der Waals surface area contributed by atoms with E-state index in [-0.39, 0.29) is 41.3 Å². The summed E-state index contributed by atoms with van der Waals surface area (Å²) in [7, 11) is 1.70. The first kappa shape index (κ1) is 41.4. The molecule has 0 aliphatic carbocycles. The number of nitrogens with one attached hydrogen (secondary N) is 4.